The highest BCUT2D eigenvalue weighted by molar-refractivity contribution is 6.32. The molecule has 0 aliphatic rings. The van der Waals surface area contributed by atoms with Gasteiger partial charge in [0.15, 0.2) is 5.82 Å². The molecular weight excluding hydrogens is 238 g/mol. The quantitative estimate of drug-likeness (QED) is 0.644. The molecule has 0 atom stereocenters. The van der Waals surface area contributed by atoms with E-state index in [1.807, 2.05) is 43.5 Å². The molecule has 1 aromatic heterocycles. The third kappa shape index (κ3) is 2.46. The molecule has 3 N–H and O–H groups in total. The second kappa shape index (κ2) is 4.99. The smallest absolute Gasteiger partial charge is 0.238 e. The Hall–Kier alpha value is -1.85. The molecule has 1 aromatic carbocycles. The second-order valence-corrected chi connectivity index (χ2v) is 3.85. The van der Waals surface area contributed by atoms with Crippen LogP contribution in [0.5, 0.6) is 0 Å². The maximum Gasteiger partial charge on any atom is 0.238 e. The number of nitrogens with zero attached hydrogens (tertiary/aromatic N) is 3. The fraction of sp³-hybridized carbons (Fsp3) is 0.0909. The Labute approximate surface area is 104 Å². The van der Waals surface area contributed by atoms with Gasteiger partial charge in [0.2, 0.25) is 5.95 Å². The summed E-state index contributed by atoms with van der Waals surface area (Å²) in [5.74, 6) is 6.47. The number of hydrazine groups is 1. The zero-order chi connectivity index (χ0) is 12.3. The lowest BCUT2D eigenvalue weighted by molar-refractivity contribution is 0.895. The average molecular weight is 250 g/mol. The van der Waals surface area contributed by atoms with E-state index in [1.165, 1.54) is 0 Å². The van der Waals surface area contributed by atoms with E-state index in [2.05, 4.69) is 15.6 Å². The van der Waals surface area contributed by atoms with Gasteiger partial charge in [0, 0.05) is 12.1 Å². The molecule has 0 saturated heterocycles. The van der Waals surface area contributed by atoms with Crippen molar-refractivity contribution in [1.82, 2.24) is 14.8 Å². The van der Waals surface area contributed by atoms with Crippen molar-refractivity contribution < 1.29 is 0 Å². The van der Waals surface area contributed by atoms with Crippen LogP contribution in [0.2, 0.25) is 5.02 Å². The van der Waals surface area contributed by atoms with Crippen molar-refractivity contribution >= 4 is 29.7 Å². The highest BCUT2D eigenvalue weighted by Crippen LogP contribution is 2.17. The van der Waals surface area contributed by atoms with E-state index in [0.717, 1.165) is 5.56 Å². The lowest BCUT2D eigenvalue weighted by atomic mass is 10.2. The Balaban J connectivity index is 2.26. The summed E-state index contributed by atoms with van der Waals surface area (Å²) in [6.45, 7) is 0. The molecule has 88 valence electrons. The van der Waals surface area contributed by atoms with E-state index in [-0.39, 0.29) is 0 Å². The van der Waals surface area contributed by atoms with Crippen LogP contribution in [-0.2, 0) is 7.05 Å². The average Bonchev–Trinajstić information content (AvgIpc) is 2.69. The Morgan fingerprint density at radius 1 is 1.29 bits per heavy atom. The van der Waals surface area contributed by atoms with Gasteiger partial charge >= 0.3 is 0 Å². The fourth-order valence-corrected chi connectivity index (χ4v) is 1.59. The normalized spacial score (nSPS) is 11.0. The van der Waals surface area contributed by atoms with Crippen molar-refractivity contribution in [3.05, 3.63) is 40.7 Å². The Morgan fingerprint density at radius 2 is 2.06 bits per heavy atom. The Kier molecular flexibility index (Phi) is 3.41. The van der Waals surface area contributed by atoms with Gasteiger partial charge in [-0.25, -0.2) is 5.84 Å². The molecule has 0 bridgehead atoms. The summed E-state index contributed by atoms with van der Waals surface area (Å²) >= 11 is 6.04. The molecule has 5 nitrogen and oxygen atoms in total. The van der Waals surface area contributed by atoms with Gasteiger partial charge in [0.1, 0.15) is 0 Å². The van der Waals surface area contributed by atoms with Gasteiger partial charge in [-0.1, -0.05) is 29.8 Å². The van der Waals surface area contributed by atoms with Gasteiger partial charge in [-0.3, -0.25) is 9.99 Å². The predicted molar refractivity (Wildman–Crippen MR) is 69.2 cm³/mol. The van der Waals surface area contributed by atoms with E-state index in [4.69, 9.17) is 17.4 Å². The minimum Gasteiger partial charge on any atom is -0.296 e. The summed E-state index contributed by atoms with van der Waals surface area (Å²) in [5.41, 5.74) is 3.38. The number of nitrogen functional groups attached to an aromatic ring is 1. The number of nitrogens with two attached hydrogens (primary N) is 1. The summed E-state index contributed by atoms with van der Waals surface area (Å²) in [4.78, 5) is 0. The number of anilines is 1. The first-order chi connectivity index (χ1) is 8.22. The number of aromatic nitrogens is 3. The standard InChI is InChI=1S/C11H12ClN5/c1-17-10(15-16-11(17)14-13)7-6-8-4-2-3-5-9(8)12/h2-7H,13H2,1H3,(H,14,16)/b7-6+. The number of hydrogen-bond acceptors (Lipinski definition) is 4. The highest BCUT2D eigenvalue weighted by atomic mass is 35.5. The monoisotopic (exact) mass is 249 g/mol. The second-order valence-electron chi connectivity index (χ2n) is 3.44. The minimum absolute atomic E-state index is 0.504. The Bertz CT molecular complexity index is 547. The van der Waals surface area contributed by atoms with Crippen LogP contribution in [0.25, 0.3) is 12.2 Å². The van der Waals surface area contributed by atoms with Gasteiger partial charge in [0.05, 0.1) is 0 Å². The van der Waals surface area contributed by atoms with Crippen molar-refractivity contribution in [1.29, 1.82) is 0 Å². The van der Waals surface area contributed by atoms with Crippen molar-refractivity contribution in [2.24, 2.45) is 12.9 Å². The summed E-state index contributed by atoms with van der Waals surface area (Å²) in [7, 11) is 1.82. The van der Waals surface area contributed by atoms with Crippen LogP contribution in [-0.4, -0.2) is 14.8 Å². The van der Waals surface area contributed by atoms with E-state index in [9.17, 15) is 0 Å². The van der Waals surface area contributed by atoms with Crippen LogP contribution >= 0.6 is 11.6 Å². The molecule has 0 fully saturated rings. The molecule has 0 aliphatic carbocycles. The zero-order valence-corrected chi connectivity index (χ0v) is 10.0. The molecule has 17 heavy (non-hydrogen) atoms. The summed E-state index contributed by atoms with van der Waals surface area (Å²) in [6, 6.07) is 7.58. The van der Waals surface area contributed by atoms with Gasteiger partial charge in [-0.05, 0) is 23.8 Å². The zero-order valence-electron chi connectivity index (χ0n) is 9.26. The van der Waals surface area contributed by atoms with E-state index >= 15 is 0 Å². The molecule has 6 heteroatoms. The topological polar surface area (TPSA) is 68.8 Å². The van der Waals surface area contributed by atoms with E-state index < -0.39 is 0 Å². The van der Waals surface area contributed by atoms with Crippen molar-refractivity contribution in [2.45, 2.75) is 0 Å². The summed E-state index contributed by atoms with van der Waals surface area (Å²) in [5, 5.41) is 8.53. The van der Waals surface area contributed by atoms with Gasteiger partial charge in [-0.15, -0.1) is 10.2 Å². The van der Waals surface area contributed by atoms with Gasteiger partial charge in [0.25, 0.3) is 0 Å². The van der Waals surface area contributed by atoms with Gasteiger partial charge in [-0.2, -0.15) is 0 Å². The molecule has 0 unspecified atom stereocenters. The van der Waals surface area contributed by atoms with Crippen molar-refractivity contribution in [2.75, 3.05) is 5.43 Å². The van der Waals surface area contributed by atoms with Crippen LogP contribution in [0.4, 0.5) is 5.95 Å². The van der Waals surface area contributed by atoms with Crippen LogP contribution < -0.4 is 11.3 Å². The molecule has 2 rings (SSSR count). The van der Waals surface area contributed by atoms with Crippen LogP contribution in [0, 0.1) is 0 Å². The first-order valence-electron chi connectivity index (χ1n) is 5.01. The number of nitrogens with one attached hydrogen (secondary N) is 1. The third-order valence-electron chi connectivity index (χ3n) is 2.35. The van der Waals surface area contributed by atoms with Gasteiger partial charge < -0.3 is 0 Å². The Morgan fingerprint density at radius 3 is 2.71 bits per heavy atom. The largest absolute Gasteiger partial charge is 0.296 e. The number of rotatable bonds is 3. The van der Waals surface area contributed by atoms with Crippen molar-refractivity contribution in [3.8, 4) is 0 Å². The predicted octanol–water partition coefficient (Wildman–Crippen LogP) is 1.92. The molecule has 0 amide bonds. The maximum atomic E-state index is 6.04. The first-order valence-corrected chi connectivity index (χ1v) is 5.39. The van der Waals surface area contributed by atoms with Crippen LogP contribution in [0.1, 0.15) is 11.4 Å². The van der Waals surface area contributed by atoms with E-state index in [1.54, 1.807) is 4.57 Å². The molecular formula is C11H12ClN5. The molecule has 0 aliphatic heterocycles. The lowest BCUT2D eigenvalue weighted by Crippen LogP contribution is -2.11. The number of hydrogen-bond donors (Lipinski definition) is 2. The number of halogens is 1. The molecule has 2 aromatic rings. The molecule has 0 radical (unpaired) electrons. The van der Waals surface area contributed by atoms with Crippen LogP contribution in [0.3, 0.4) is 0 Å². The number of benzene rings is 1. The summed E-state index contributed by atoms with van der Waals surface area (Å²) in [6.07, 6.45) is 3.71. The first kappa shape index (κ1) is 11.6. The minimum atomic E-state index is 0.504. The molecule has 0 spiro atoms. The van der Waals surface area contributed by atoms with Crippen molar-refractivity contribution in [3.63, 3.8) is 0 Å². The highest BCUT2D eigenvalue weighted by Gasteiger charge is 2.03. The fourth-order valence-electron chi connectivity index (χ4n) is 1.39. The third-order valence-corrected chi connectivity index (χ3v) is 2.70. The summed E-state index contributed by atoms with van der Waals surface area (Å²) < 4.78 is 1.74. The van der Waals surface area contributed by atoms with Crippen LogP contribution in [0.15, 0.2) is 24.3 Å². The maximum absolute atomic E-state index is 6.04. The lowest BCUT2D eigenvalue weighted by Gasteiger charge is -1.99. The SMILES string of the molecule is Cn1c(/C=C/c2ccccc2Cl)nnc1NN. The van der Waals surface area contributed by atoms with E-state index in [0.29, 0.717) is 16.8 Å². The molecule has 1 heterocycles. The molecule has 0 saturated carbocycles.